The molecule has 0 aliphatic heterocycles. The third-order valence-electron chi connectivity index (χ3n) is 5.25. The Hall–Kier alpha value is -4.64. The zero-order valence-electron chi connectivity index (χ0n) is 19.4. The molecule has 0 bridgehead atoms. The van der Waals surface area contributed by atoms with E-state index in [4.69, 9.17) is 13.9 Å². The molecule has 0 fully saturated rings. The summed E-state index contributed by atoms with van der Waals surface area (Å²) in [7, 11) is 1.48. The number of H-pyrrole nitrogens is 1. The van der Waals surface area contributed by atoms with E-state index in [1.165, 1.54) is 23.8 Å². The normalized spacial score (nSPS) is 10.8. The van der Waals surface area contributed by atoms with Crippen LogP contribution in [0.1, 0.15) is 5.56 Å². The van der Waals surface area contributed by atoms with Crippen molar-refractivity contribution < 1.29 is 18.7 Å². The number of rotatable bonds is 10. The Morgan fingerprint density at radius 2 is 1.83 bits per heavy atom. The summed E-state index contributed by atoms with van der Waals surface area (Å²) in [5.74, 6) is -0.310. The molecule has 2 heterocycles. The van der Waals surface area contributed by atoms with Crippen LogP contribution in [0.5, 0.6) is 5.75 Å². The van der Waals surface area contributed by atoms with Gasteiger partial charge < -0.3 is 24.5 Å². The van der Waals surface area contributed by atoms with E-state index in [1.807, 2.05) is 30.3 Å². The fraction of sp³-hybridized carbons (Fsp3) is 0.200. The van der Waals surface area contributed by atoms with Gasteiger partial charge in [0.15, 0.2) is 6.61 Å². The van der Waals surface area contributed by atoms with Gasteiger partial charge in [-0.25, -0.2) is 9.59 Å². The average Bonchev–Trinajstić information content (AvgIpc) is 2.87. The molecule has 4 rings (SSSR count). The summed E-state index contributed by atoms with van der Waals surface area (Å²) in [4.78, 5) is 51.7. The maximum Gasteiger partial charge on any atom is 0.336 e. The highest BCUT2D eigenvalue weighted by molar-refractivity contribution is 5.94. The number of hydrogen-bond acceptors (Lipinski definition) is 8. The molecular weight excluding hydrogens is 468 g/mol. The van der Waals surface area contributed by atoms with E-state index in [1.54, 1.807) is 18.2 Å². The Kier molecular flexibility index (Phi) is 7.61. The van der Waals surface area contributed by atoms with Gasteiger partial charge in [-0.3, -0.25) is 19.1 Å². The Balaban J connectivity index is 1.56. The van der Waals surface area contributed by atoms with Crippen LogP contribution >= 0.6 is 0 Å². The maximum absolute atomic E-state index is 12.8. The van der Waals surface area contributed by atoms with Crippen molar-refractivity contribution in [3.63, 3.8) is 0 Å². The minimum absolute atomic E-state index is 0.00478. The minimum Gasteiger partial charge on any atom is -0.484 e. The van der Waals surface area contributed by atoms with Crippen LogP contribution in [-0.4, -0.2) is 35.8 Å². The first-order chi connectivity index (χ1) is 17.4. The lowest BCUT2D eigenvalue weighted by molar-refractivity contribution is -0.118. The van der Waals surface area contributed by atoms with Crippen LogP contribution in [0.4, 0.5) is 11.5 Å². The van der Waals surface area contributed by atoms with E-state index in [-0.39, 0.29) is 31.2 Å². The van der Waals surface area contributed by atoms with Crippen molar-refractivity contribution in [2.45, 2.75) is 13.1 Å². The van der Waals surface area contributed by atoms with Crippen molar-refractivity contribution in [3.8, 4) is 5.75 Å². The van der Waals surface area contributed by atoms with Gasteiger partial charge in [0.1, 0.15) is 22.8 Å². The molecule has 0 atom stereocenters. The van der Waals surface area contributed by atoms with E-state index in [9.17, 15) is 19.2 Å². The van der Waals surface area contributed by atoms with Crippen LogP contribution in [0.2, 0.25) is 0 Å². The van der Waals surface area contributed by atoms with Crippen LogP contribution in [0.15, 0.2) is 79.5 Å². The highest BCUT2D eigenvalue weighted by Crippen LogP contribution is 2.20. The number of ether oxygens (including phenoxy) is 2. The number of nitrogens with zero attached hydrogens (tertiary/aromatic N) is 1. The molecular formula is C25H24N4O7. The lowest BCUT2D eigenvalue weighted by Gasteiger charge is -2.18. The van der Waals surface area contributed by atoms with E-state index < -0.39 is 29.4 Å². The molecule has 2 aromatic carbocycles. The number of nitrogens with one attached hydrogen (secondary N) is 3. The van der Waals surface area contributed by atoms with Gasteiger partial charge in [-0.15, -0.1) is 0 Å². The number of aromatic nitrogens is 2. The van der Waals surface area contributed by atoms with Crippen molar-refractivity contribution in [1.82, 2.24) is 9.55 Å². The second-order valence-corrected chi connectivity index (χ2v) is 7.76. The topological polar surface area (TPSA) is 145 Å². The molecule has 11 nitrogen and oxygen atoms in total. The van der Waals surface area contributed by atoms with E-state index in [0.717, 1.165) is 5.56 Å². The molecule has 36 heavy (non-hydrogen) atoms. The van der Waals surface area contributed by atoms with Gasteiger partial charge in [0.05, 0.1) is 13.2 Å². The lowest BCUT2D eigenvalue weighted by atomic mass is 10.2. The largest absolute Gasteiger partial charge is 0.484 e. The molecule has 4 aromatic rings. The van der Waals surface area contributed by atoms with Crippen molar-refractivity contribution in [3.05, 3.63) is 97.5 Å². The number of carbonyl (C=O) groups is 1. The molecule has 0 aliphatic rings. The standard InChI is InChI=1S/C25H24N4O7/c1-34-12-11-29-23(22(24(32)28-25(29)33)26-14-16-5-3-2-4-6-16)27-20(30)15-35-18-9-7-17-8-10-21(31)36-19(17)13-18/h2-10,13,26H,11-12,14-15H2,1H3,(H,27,30)(H,28,32,33). The maximum atomic E-state index is 12.8. The van der Waals surface area contributed by atoms with Crippen LogP contribution < -0.4 is 32.2 Å². The molecule has 0 saturated carbocycles. The van der Waals surface area contributed by atoms with Crippen molar-refractivity contribution in [1.29, 1.82) is 0 Å². The third kappa shape index (κ3) is 5.88. The van der Waals surface area contributed by atoms with Gasteiger partial charge in [0.25, 0.3) is 11.5 Å². The Morgan fingerprint density at radius 1 is 1.06 bits per heavy atom. The second kappa shape index (κ2) is 11.2. The van der Waals surface area contributed by atoms with Gasteiger partial charge >= 0.3 is 11.3 Å². The van der Waals surface area contributed by atoms with E-state index in [2.05, 4.69) is 15.6 Å². The Labute approximate surface area is 204 Å². The molecule has 3 N–H and O–H groups in total. The van der Waals surface area contributed by atoms with E-state index >= 15 is 0 Å². The summed E-state index contributed by atoms with van der Waals surface area (Å²) < 4.78 is 17.0. The predicted molar refractivity (Wildman–Crippen MR) is 134 cm³/mol. The van der Waals surface area contributed by atoms with Crippen LogP contribution in [0, 0.1) is 0 Å². The van der Waals surface area contributed by atoms with Crippen molar-refractivity contribution >= 4 is 28.4 Å². The first-order valence-electron chi connectivity index (χ1n) is 11.0. The van der Waals surface area contributed by atoms with Gasteiger partial charge in [-0.05, 0) is 23.8 Å². The minimum atomic E-state index is -0.692. The summed E-state index contributed by atoms with van der Waals surface area (Å²) in [6.07, 6.45) is 0. The summed E-state index contributed by atoms with van der Waals surface area (Å²) in [6.45, 7) is 0.123. The number of aromatic amines is 1. The number of carbonyl (C=O) groups excluding carboxylic acids is 1. The lowest BCUT2D eigenvalue weighted by Crippen LogP contribution is -2.36. The fourth-order valence-corrected chi connectivity index (χ4v) is 3.50. The molecule has 0 radical (unpaired) electrons. The monoisotopic (exact) mass is 492 g/mol. The number of benzene rings is 2. The molecule has 11 heteroatoms. The van der Waals surface area contributed by atoms with Crippen LogP contribution in [-0.2, 0) is 22.6 Å². The van der Waals surface area contributed by atoms with E-state index in [0.29, 0.717) is 16.7 Å². The summed E-state index contributed by atoms with van der Waals surface area (Å²) in [5.41, 5.74) is -0.633. The highest BCUT2D eigenvalue weighted by atomic mass is 16.5. The van der Waals surface area contributed by atoms with Crippen molar-refractivity contribution in [2.24, 2.45) is 0 Å². The third-order valence-corrected chi connectivity index (χ3v) is 5.25. The number of hydrogen-bond donors (Lipinski definition) is 3. The number of fused-ring (bicyclic) bond motifs is 1. The second-order valence-electron chi connectivity index (χ2n) is 7.76. The first kappa shape index (κ1) is 24.5. The molecule has 2 aromatic heterocycles. The summed E-state index contributed by atoms with van der Waals surface area (Å²) in [5, 5.41) is 6.31. The number of methoxy groups -OCH3 is 1. The molecule has 0 aliphatic carbocycles. The van der Waals surface area contributed by atoms with Gasteiger partial charge in [-0.1, -0.05) is 30.3 Å². The highest BCUT2D eigenvalue weighted by Gasteiger charge is 2.18. The number of anilines is 2. The summed E-state index contributed by atoms with van der Waals surface area (Å²) >= 11 is 0. The molecule has 0 saturated heterocycles. The zero-order valence-corrected chi connectivity index (χ0v) is 19.4. The molecule has 1 amide bonds. The smallest absolute Gasteiger partial charge is 0.336 e. The molecule has 0 unspecified atom stereocenters. The van der Waals surface area contributed by atoms with Gasteiger partial charge in [0.2, 0.25) is 0 Å². The quantitative estimate of drug-likeness (QED) is 0.285. The van der Waals surface area contributed by atoms with Crippen LogP contribution in [0.25, 0.3) is 11.0 Å². The molecule has 186 valence electrons. The predicted octanol–water partition coefficient (Wildman–Crippen LogP) is 1.92. The van der Waals surface area contributed by atoms with Crippen LogP contribution in [0.3, 0.4) is 0 Å². The average molecular weight is 492 g/mol. The van der Waals surface area contributed by atoms with Gasteiger partial charge in [-0.2, -0.15) is 0 Å². The number of amides is 1. The van der Waals surface area contributed by atoms with Crippen molar-refractivity contribution in [2.75, 3.05) is 31.0 Å². The summed E-state index contributed by atoms with van der Waals surface area (Å²) in [6, 6.07) is 17.1. The Morgan fingerprint density at radius 3 is 2.61 bits per heavy atom. The first-order valence-corrected chi connectivity index (χ1v) is 11.0. The Bertz CT molecular complexity index is 1540. The fourth-order valence-electron chi connectivity index (χ4n) is 3.50. The van der Waals surface area contributed by atoms with Gasteiger partial charge in [0, 0.05) is 31.2 Å². The molecule has 0 spiro atoms. The zero-order chi connectivity index (χ0) is 25.5. The SMILES string of the molecule is COCCn1c(NC(=O)COc2ccc3ccc(=O)oc3c2)c(NCc2ccccc2)c(=O)[nH]c1=O.